The second kappa shape index (κ2) is 6.07. The molecule has 2 aliphatic rings. The summed E-state index contributed by atoms with van der Waals surface area (Å²) in [6, 6.07) is 13.4. The summed E-state index contributed by atoms with van der Waals surface area (Å²) in [7, 11) is 1.66. The zero-order valence-corrected chi connectivity index (χ0v) is 13.5. The number of amides is 1. The highest BCUT2D eigenvalue weighted by Gasteiger charge is 2.31. The van der Waals surface area contributed by atoms with Gasteiger partial charge in [-0.2, -0.15) is 0 Å². The van der Waals surface area contributed by atoms with Crippen molar-refractivity contribution in [2.75, 3.05) is 20.4 Å². The Balaban J connectivity index is 1.61. The van der Waals surface area contributed by atoms with Crippen LogP contribution in [0.1, 0.15) is 34.8 Å². The molecule has 0 aromatic heterocycles. The molecule has 1 amide bonds. The minimum Gasteiger partial charge on any atom is -0.497 e. The molecule has 0 radical (unpaired) electrons. The van der Waals surface area contributed by atoms with Crippen LogP contribution in [0.3, 0.4) is 0 Å². The first-order valence-electron chi connectivity index (χ1n) is 8.11. The number of methoxy groups -OCH3 is 1. The number of benzene rings is 2. The second-order valence-corrected chi connectivity index (χ2v) is 6.00. The molecule has 2 aromatic rings. The number of carbonyl (C=O) groups excluding carboxylic acids is 1. The van der Waals surface area contributed by atoms with Gasteiger partial charge >= 0.3 is 0 Å². The molecule has 124 valence electrons. The lowest BCUT2D eigenvalue weighted by Crippen LogP contribution is -2.30. The first-order chi connectivity index (χ1) is 11.8. The van der Waals surface area contributed by atoms with E-state index in [1.807, 2.05) is 23.1 Å². The van der Waals surface area contributed by atoms with Crippen molar-refractivity contribution in [1.82, 2.24) is 4.90 Å². The molecule has 2 aromatic carbocycles. The van der Waals surface area contributed by atoms with Gasteiger partial charge in [0.1, 0.15) is 5.75 Å². The molecular weight excluding hydrogens is 306 g/mol. The summed E-state index contributed by atoms with van der Waals surface area (Å²) in [5.41, 5.74) is 1.75. The van der Waals surface area contributed by atoms with E-state index in [0.717, 1.165) is 30.7 Å². The minimum atomic E-state index is 0.0265. The van der Waals surface area contributed by atoms with Crippen LogP contribution < -0.4 is 14.2 Å². The fraction of sp³-hybridized carbons (Fsp3) is 0.316. The molecule has 1 fully saturated rings. The summed E-state index contributed by atoms with van der Waals surface area (Å²) < 4.78 is 16.0. The lowest BCUT2D eigenvalue weighted by molar-refractivity contribution is 0.0735. The number of carbonyl (C=O) groups is 1. The Hall–Kier alpha value is -2.69. The molecule has 1 atom stereocenters. The summed E-state index contributed by atoms with van der Waals surface area (Å²) in [5, 5.41) is 0. The van der Waals surface area contributed by atoms with Gasteiger partial charge < -0.3 is 19.1 Å². The molecule has 0 bridgehead atoms. The Morgan fingerprint density at radius 3 is 2.92 bits per heavy atom. The average molecular weight is 325 g/mol. The fourth-order valence-corrected chi connectivity index (χ4v) is 3.40. The largest absolute Gasteiger partial charge is 0.497 e. The van der Waals surface area contributed by atoms with Gasteiger partial charge in [0.05, 0.1) is 13.2 Å². The lowest BCUT2D eigenvalue weighted by Gasteiger charge is -2.25. The quantitative estimate of drug-likeness (QED) is 0.868. The van der Waals surface area contributed by atoms with Gasteiger partial charge in [0.15, 0.2) is 11.5 Å². The summed E-state index contributed by atoms with van der Waals surface area (Å²) in [4.78, 5) is 14.9. The van der Waals surface area contributed by atoms with Crippen LogP contribution in [0.25, 0.3) is 0 Å². The third-order valence-electron chi connectivity index (χ3n) is 4.61. The molecule has 0 aliphatic carbocycles. The van der Waals surface area contributed by atoms with Crippen LogP contribution >= 0.6 is 0 Å². The van der Waals surface area contributed by atoms with E-state index < -0.39 is 0 Å². The number of fused-ring (bicyclic) bond motifs is 1. The average Bonchev–Trinajstić information content (AvgIpc) is 3.29. The Morgan fingerprint density at radius 1 is 1.17 bits per heavy atom. The number of hydrogen-bond donors (Lipinski definition) is 0. The molecule has 5 nitrogen and oxygen atoms in total. The van der Waals surface area contributed by atoms with Crippen molar-refractivity contribution in [3.05, 3.63) is 53.6 Å². The molecule has 0 unspecified atom stereocenters. The fourth-order valence-electron chi connectivity index (χ4n) is 3.40. The standard InChI is InChI=1S/C19H19NO4/c1-22-15-5-2-4-13(10-15)16-6-3-9-20(16)19(21)14-7-8-17-18(11-14)24-12-23-17/h2,4-5,7-8,10-11,16H,3,6,9,12H2,1H3/t16-/m0/s1. The highest BCUT2D eigenvalue weighted by atomic mass is 16.7. The highest BCUT2D eigenvalue weighted by Crippen LogP contribution is 2.37. The van der Waals surface area contributed by atoms with Crippen LogP contribution in [0.15, 0.2) is 42.5 Å². The first-order valence-corrected chi connectivity index (χ1v) is 8.11. The predicted octanol–water partition coefficient (Wildman–Crippen LogP) is 3.40. The number of ether oxygens (including phenoxy) is 3. The molecule has 0 saturated carbocycles. The second-order valence-electron chi connectivity index (χ2n) is 6.00. The first kappa shape index (κ1) is 14.9. The van der Waals surface area contributed by atoms with Crippen LogP contribution in [0, 0.1) is 0 Å². The maximum Gasteiger partial charge on any atom is 0.254 e. The number of hydrogen-bond acceptors (Lipinski definition) is 4. The monoisotopic (exact) mass is 325 g/mol. The maximum absolute atomic E-state index is 13.0. The molecule has 5 heteroatoms. The molecule has 2 aliphatic heterocycles. The normalized spacial score (nSPS) is 18.7. The van der Waals surface area contributed by atoms with E-state index in [0.29, 0.717) is 17.1 Å². The molecular formula is C19H19NO4. The van der Waals surface area contributed by atoms with E-state index in [2.05, 4.69) is 6.07 Å². The van der Waals surface area contributed by atoms with Crippen molar-refractivity contribution in [3.8, 4) is 17.2 Å². The van der Waals surface area contributed by atoms with E-state index in [1.165, 1.54) is 0 Å². The van der Waals surface area contributed by atoms with Crippen LogP contribution in [0.2, 0.25) is 0 Å². The molecule has 4 rings (SSSR count). The van der Waals surface area contributed by atoms with E-state index in [4.69, 9.17) is 14.2 Å². The van der Waals surface area contributed by atoms with Crippen molar-refractivity contribution in [2.45, 2.75) is 18.9 Å². The van der Waals surface area contributed by atoms with Gasteiger partial charge in [-0.25, -0.2) is 0 Å². The SMILES string of the molecule is COc1cccc([C@@H]2CCCN2C(=O)c2ccc3c(c2)OCO3)c1. The zero-order valence-electron chi connectivity index (χ0n) is 13.5. The maximum atomic E-state index is 13.0. The summed E-state index contributed by atoms with van der Waals surface area (Å²) in [6.07, 6.45) is 1.96. The molecule has 0 N–H and O–H groups in total. The van der Waals surface area contributed by atoms with Gasteiger partial charge in [-0.05, 0) is 48.7 Å². The number of nitrogens with zero attached hydrogens (tertiary/aromatic N) is 1. The van der Waals surface area contributed by atoms with Crippen LogP contribution in [-0.4, -0.2) is 31.3 Å². The summed E-state index contributed by atoms with van der Waals surface area (Å²) >= 11 is 0. The van der Waals surface area contributed by atoms with Crippen molar-refractivity contribution in [1.29, 1.82) is 0 Å². The molecule has 24 heavy (non-hydrogen) atoms. The zero-order chi connectivity index (χ0) is 16.5. The predicted molar refractivity (Wildman–Crippen MR) is 88.6 cm³/mol. The van der Waals surface area contributed by atoms with Gasteiger partial charge in [-0.15, -0.1) is 0 Å². The van der Waals surface area contributed by atoms with Gasteiger partial charge in [-0.3, -0.25) is 4.79 Å². The Labute approximate surface area is 140 Å². The van der Waals surface area contributed by atoms with Crippen molar-refractivity contribution in [3.63, 3.8) is 0 Å². The Kier molecular flexibility index (Phi) is 3.76. The Bertz CT molecular complexity index is 774. The van der Waals surface area contributed by atoms with Crippen molar-refractivity contribution < 1.29 is 19.0 Å². The van der Waals surface area contributed by atoms with Crippen molar-refractivity contribution >= 4 is 5.91 Å². The highest BCUT2D eigenvalue weighted by molar-refractivity contribution is 5.95. The third-order valence-corrected chi connectivity index (χ3v) is 4.61. The van der Waals surface area contributed by atoms with Gasteiger partial charge in [0.2, 0.25) is 6.79 Å². The van der Waals surface area contributed by atoms with Crippen LogP contribution in [0.5, 0.6) is 17.2 Å². The summed E-state index contributed by atoms with van der Waals surface area (Å²) in [6.45, 7) is 0.971. The van der Waals surface area contributed by atoms with Crippen LogP contribution in [-0.2, 0) is 0 Å². The smallest absolute Gasteiger partial charge is 0.254 e. The molecule has 0 spiro atoms. The third kappa shape index (κ3) is 2.56. The van der Waals surface area contributed by atoms with E-state index in [9.17, 15) is 4.79 Å². The number of likely N-dealkylation sites (tertiary alicyclic amines) is 1. The lowest BCUT2D eigenvalue weighted by atomic mass is 10.0. The minimum absolute atomic E-state index is 0.0265. The van der Waals surface area contributed by atoms with E-state index in [-0.39, 0.29) is 18.7 Å². The van der Waals surface area contributed by atoms with Crippen molar-refractivity contribution in [2.24, 2.45) is 0 Å². The van der Waals surface area contributed by atoms with Crippen LogP contribution in [0.4, 0.5) is 0 Å². The van der Waals surface area contributed by atoms with Gasteiger partial charge in [-0.1, -0.05) is 12.1 Å². The van der Waals surface area contributed by atoms with E-state index >= 15 is 0 Å². The molecule has 1 saturated heterocycles. The van der Waals surface area contributed by atoms with Gasteiger partial charge in [0, 0.05) is 12.1 Å². The summed E-state index contributed by atoms with van der Waals surface area (Å²) in [5.74, 6) is 2.17. The Morgan fingerprint density at radius 2 is 2.04 bits per heavy atom. The number of rotatable bonds is 3. The molecule has 2 heterocycles. The topological polar surface area (TPSA) is 48.0 Å². The van der Waals surface area contributed by atoms with E-state index in [1.54, 1.807) is 25.3 Å². The van der Waals surface area contributed by atoms with Gasteiger partial charge in [0.25, 0.3) is 5.91 Å².